The van der Waals surface area contributed by atoms with Crippen LogP contribution in [0.4, 0.5) is 0 Å². The molecule has 4 nitrogen and oxygen atoms in total. The van der Waals surface area contributed by atoms with Crippen molar-refractivity contribution in [2.75, 3.05) is 20.1 Å². The molecule has 1 aliphatic carbocycles. The van der Waals surface area contributed by atoms with E-state index in [4.69, 9.17) is 4.74 Å². The number of allylic oxidation sites excluding steroid dienone is 1. The molecule has 1 aliphatic heterocycles. The molecule has 2 fully saturated rings. The summed E-state index contributed by atoms with van der Waals surface area (Å²) < 4.78 is 5.65. The van der Waals surface area contributed by atoms with Crippen LogP contribution in [0.25, 0.3) is 0 Å². The minimum absolute atomic E-state index is 0.0130. The highest BCUT2D eigenvalue weighted by Crippen LogP contribution is 2.36. The normalized spacial score (nSPS) is 25.3. The SMILES string of the molecule is CC/C=C\[C@@](O)(C(=O)OC1CCN(C)CC1)C1CCCC1. The summed E-state index contributed by atoms with van der Waals surface area (Å²) in [6.07, 6.45) is 10.1. The van der Waals surface area contributed by atoms with E-state index in [0.717, 1.165) is 58.0 Å². The van der Waals surface area contributed by atoms with Gasteiger partial charge < -0.3 is 14.7 Å². The van der Waals surface area contributed by atoms with Crippen molar-refractivity contribution in [1.82, 2.24) is 4.90 Å². The second-order valence-corrected chi connectivity index (χ2v) is 6.53. The van der Waals surface area contributed by atoms with Crippen molar-refractivity contribution in [2.24, 2.45) is 5.92 Å². The fourth-order valence-electron chi connectivity index (χ4n) is 3.38. The third kappa shape index (κ3) is 4.07. The predicted octanol–water partition coefficient (Wildman–Crippen LogP) is 2.51. The van der Waals surface area contributed by atoms with Gasteiger partial charge >= 0.3 is 5.97 Å². The molecule has 1 atom stereocenters. The number of rotatable bonds is 5. The maximum Gasteiger partial charge on any atom is 0.342 e. The average Bonchev–Trinajstić information content (AvgIpc) is 3.02. The Morgan fingerprint density at radius 3 is 2.48 bits per heavy atom. The molecule has 21 heavy (non-hydrogen) atoms. The lowest BCUT2D eigenvalue weighted by molar-refractivity contribution is -0.173. The average molecular weight is 295 g/mol. The molecule has 2 aliphatic rings. The lowest BCUT2D eigenvalue weighted by atomic mass is 9.85. The Labute approximate surface area is 128 Å². The first kappa shape index (κ1) is 16.5. The zero-order valence-corrected chi connectivity index (χ0v) is 13.4. The van der Waals surface area contributed by atoms with Crippen molar-refractivity contribution in [3.8, 4) is 0 Å². The van der Waals surface area contributed by atoms with Crippen molar-refractivity contribution >= 4 is 5.97 Å². The largest absolute Gasteiger partial charge is 0.460 e. The van der Waals surface area contributed by atoms with E-state index in [1.807, 2.05) is 13.0 Å². The molecular formula is C17H29NO3. The molecule has 2 rings (SSSR count). The summed E-state index contributed by atoms with van der Waals surface area (Å²) in [5, 5.41) is 10.9. The Bertz CT molecular complexity index is 368. The second-order valence-electron chi connectivity index (χ2n) is 6.53. The predicted molar refractivity (Wildman–Crippen MR) is 82.9 cm³/mol. The lowest BCUT2D eigenvalue weighted by Gasteiger charge is -2.33. The summed E-state index contributed by atoms with van der Waals surface area (Å²) >= 11 is 0. The fourth-order valence-corrected chi connectivity index (χ4v) is 3.38. The Kier molecular flexibility index (Phi) is 5.82. The number of piperidine rings is 1. The van der Waals surface area contributed by atoms with Crippen LogP contribution in [-0.4, -0.2) is 47.8 Å². The van der Waals surface area contributed by atoms with Crippen LogP contribution in [0.2, 0.25) is 0 Å². The second kappa shape index (κ2) is 7.41. The molecule has 1 heterocycles. The summed E-state index contributed by atoms with van der Waals surface area (Å²) in [5.74, 6) is -0.423. The van der Waals surface area contributed by atoms with Crippen molar-refractivity contribution in [2.45, 2.75) is 63.6 Å². The number of esters is 1. The maximum absolute atomic E-state index is 12.6. The zero-order valence-electron chi connectivity index (χ0n) is 13.4. The third-order valence-corrected chi connectivity index (χ3v) is 4.85. The summed E-state index contributed by atoms with van der Waals surface area (Å²) in [5.41, 5.74) is -1.42. The Hall–Kier alpha value is -0.870. The number of aliphatic hydroxyl groups is 1. The van der Waals surface area contributed by atoms with Crippen molar-refractivity contribution in [1.29, 1.82) is 0 Å². The molecule has 0 aromatic rings. The number of carbonyl (C=O) groups is 1. The van der Waals surface area contributed by atoms with Gasteiger partial charge in [-0.05, 0) is 45.2 Å². The van der Waals surface area contributed by atoms with Gasteiger partial charge in [0.2, 0.25) is 0 Å². The van der Waals surface area contributed by atoms with Gasteiger partial charge in [0.05, 0.1) is 0 Å². The number of hydrogen-bond acceptors (Lipinski definition) is 4. The number of carbonyl (C=O) groups excluding carboxylic acids is 1. The zero-order chi connectivity index (χ0) is 15.3. The van der Waals surface area contributed by atoms with Crippen LogP contribution in [0, 0.1) is 5.92 Å². The van der Waals surface area contributed by atoms with Crippen LogP contribution >= 0.6 is 0 Å². The first-order valence-electron chi connectivity index (χ1n) is 8.36. The molecule has 0 aromatic carbocycles. The lowest BCUT2D eigenvalue weighted by Crippen LogP contribution is -2.47. The van der Waals surface area contributed by atoms with Crippen LogP contribution in [0.15, 0.2) is 12.2 Å². The summed E-state index contributed by atoms with van der Waals surface area (Å²) in [7, 11) is 2.08. The molecular weight excluding hydrogens is 266 g/mol. The highest BCUT2D eigenvalue weighted by molar-refractivity contribution is 5.82. The summed E-state index contributed by atoms with van der Waals surface area (Å²) in [6, 6.07) is 0. The van der Waals surface area contributed by atoms with E-state index in [1.165, 1.54) is 0 Å². The molecule has 0 aromatic heterocycles. The van der Waals surface area contributed by atoms with E-state index in [-0.39, 0.29) is 12.0 Å². The first-order chi connectivity index (χ1) is 10.1. The highest BCUT2D eigenvalue weighted by Gasteiger charge is 2.45. The minimum atomic E-state index is -1.42. The van der Waals surface area contributed by atoms with Gasteiger partial charge in [0.25, 0.3) is 0 Å². The molecule has 0 bridgehead atoms. The molecule has 1 saturated heterocycles. The number of likely N-dealkylation sites (tertiary alicyclic amines) is 1. The molecule has 0 radical (unpaired) electrons. The Balaban J connectivity index is 2.01. The molecule has 0 spiro atoms. The van der Waals surface area contributed by atoms with E-state index >= 15 is 0 Å². The Morgan fingerprint density at radius 2 is 1.90 bits per heavy atom. The fraction of sp³-hybridized carbons (Fsp3) is 0.824. The van der Waals surface area contributed by atoms with Gasteiger partial charge in [-0.2, -0.15) is 0 Å². The number of hydrogen-bond donors (Lipinski definition) is 1. The molecule has 1 N–H and O–H groups in total. The van der Waals surface area contributed by atoms with Crippen LogP contribution < -0.4 is 0 Å². The minimum Gasteiger partial charge on any atom is -0.460 e. The van der Waals surface area contributed by atoms with E-state index in [1.54, 1.807) is 6.08 Å². The topological polar surface area (TPSA) is 49.8 Å². The molecule has 1 saturated carbocycles. The van der Waals surface area contributed by atoms with Gasteiger partial charge in [-0.3, -0.25) is 0 Å². The van der Waals surface area contributed by atoms with E-state index < -0.39 is 11.6 Å². The summed E-state index contributed by atoms with van der Waals surface area (Å²) in [6.45, 7) is 3.91. The van der Waals surface area contributed by atoms with E-state index in [2.05, 4.69) is 11.9 Å². The monoisotopic (exact) mass is 295 g/mol. The number of nitrogens with zero attached hydrogens (tertiary/aromatic N) is 1. The highest BCUT2D eigenvalue weighted by atomic mass is 16.6. The number of ether oxygens (including phenoxy) is 1. The standard InChI is InChI=1S/C17H29NO3/c1-3-4-11-17(20,14-7-5-6-8-14)16(19)21-15-9-12-18(2)13-10-15/h4,11,14-15,20H,3,5-10,12-13H2,1-2H3/b11-4-/t17-/m0/s1. The van der Waals surface area contributed by atoms with E-state index in [9.17, 15) is 9.90 Å². The molecule has 0 unspecified atom stereocenters. The maximum atomic E-state index is 12.6. The quantitative estimate of drug-likeness (QED) is 0.625. The van der Waals surface area contributed by atoms with Crippen molar-refractivity contribution in [3.05, 3.63) is 12.2 Å². The van der Waals surface area contributed by atoms with E-state index in [0.29, 0.717) is 0 Å². The Morgan fingerprint density at radius 1 is 1.29 bits per heavy atom. The van der Waals surface area contributed by atoms with Crippen molar-refractivity contribution < 1.29 is 14.6 Å². The third-order valence-electron chi connectivity index (χ3n) is 4.85. The first-order valence-corrected chi connectivity index (χ1v) is 8.36. The van der Waals surface area contributed by atoms with Gasteiger partial charge in [-0.15, -0.1) is 0 Å². The van der Waals surface area contributed by atoms with Gasteiger partial charge in [0.15, 0.2) is 5.60 Å². The van der Waals surface area contributed by atoms with Crippen LogP contribution in [0.1, 0.15) is 51.9 Å². The van der Waals surface area contributed by atoms with Gasteiger partial charge in [0.1, 0.15) is 6.10 Å². The molecule has 120 valence electrons. The van der Waals surface area contributed by atoms with Gasteiger partial charge in [-0.25, -0.2) is 4.79 Å². The summed E-state index contributed by atoms with van der Waals surface area (Å²) in [4.78, 5) is 14.8. The smallest absolute Gasteiger partial charge is 0.342 e. The van der Waals surface area contributed by atoms with Crippen LogP contribution in [0.3, 0.4) is 0 Å². The van der Waals surface area contributed by atoms with Gasteiger partial charge in [0, 0.05) is 19.0 Å². The van der Waals surface area contributed by atoms with Crippen LogP contribution in [-0.2, 0) is 9.53 Å². The van der Waals surface area contributed by atoms with Crippen LogP contribution in [0.5, 0.6) is 0 Å². The molecule has 4 heteroatoms. The van der Waals surface area contributed by atoms with Crippen molar-refractivity contribution in [3.63, 3.8) is 0 Å². The molecule has 0 amide bonds. The van der Waals surface area contributed by atoms with Gasteiger partial charge in [-0.1, -0.05) is 25.8 Å².